The summed E-state index contributed by atoms with van der Waals surface area (Å²) in [4.78, 5) is 25.8. The summed E-state index contributed by atoms with van der Waals surface area (Å²) in [5, 5.41) is 6.10. The van der Waals surface area contributed by atoms with Gasteiger partial charge in [0.1, 0.15) is 0 Å². The van der Waals surface area contributed by atoms with Gasteiger partial charge >= 0.3 is 6.03 Å². The summed E-state index contributed by atoms with van der Waals surface area (Å²) in [6.07, 6.45) is 8.92. The highest BCUT2D eigenvalue weighted by molar-refractivity contribution is 5.81. The molecule has 5 heteroatoms. The van der Waals surface area contributed by atoms with E-state index in [2.05, 4.69) is 10.6 Å². The fourth-order valence-corrected chi connectivity index (χ4v) is 3.33. The number of carbonyl (C=O) groups is 2. The molecule has 5 nitrogen and oxygen atoms in total. The number of hydrogen-bond donors (Lipinski definition) is 2. The maximum atomic E-state index is 12.0. The molecule has 1 saturated heterocycles. The third kappa shape index (κ3) is 3.44. The molecule has 3 aliphatic rings. The first-order chi connectivity index (χ1) is 9.72. The lowest BCUT2D eigenvalue weighted by Gasteiger charge is -2.24. The number of urea groups is 1. The van der Waals surface area contributed by atoms with E-state index >= 15 is 0 Å². The van der Waals surface area contributed by atoms with Gasteiger partial charge < -0.3 is 15.5 Å². The normalized spacial score (nSPS) is 27.4. The molecule has 2 aliphatic carbocycles. The van der Waals surface area contributed by atoms with Gasteiger partial charge in [-0.15, -0.1) is 0 Å². The molecule has 1 unspecified atom stereocenters. The van der Waals surface area contributed by atoms with Crippen LogP contribution in [0.1, 0.15) is 51.4 Å². The van der Waals surface area contributed by atoms with Crippen molar-refractivity contribution in [3.63, 3.8) is 0 Å². The number of nitrogens with one attached hydrogen (secondary N) is 2. The molecule has 0 radical (unpaired) electrons. The zero-order valence-electron chi connectivity index (χ0n) is 12.1. The summed E-state index contributed by atoms with van der Waals surface area (Å²) >= 11 is 0. The maximum Gasteiger partial charge on any atom is 0.315 e. The molecule has 0 aromatic carbocycles. The average molecular weight is 279 g/mol. The first kappa shape index (κ1) is 13.7. The monoisotopic (exact) mass is 279 g/mol. The topological polar surface area (TPSA) is 61.4 Å². The summed E-state index contributed by atoms with van der Waals surface area (Å²) in [7, 11) is 0. The van der Waals surface area contributed by atoms with Gasteiger partial charge in [0.2, 0.25) is 5.91 Å². The van der Waals surface area contributed by atoms with Crippen LogP contribution in [-0.2, 0) is 4.79 Å². The van der Waals surface area contributed by atoms with E-state index < -0.39 is 0 Å². The summed E-state index contributed by atoms with van der Waals surface area (Å²) in [5.74, 6) is 0.576. The lowest BCUT2D eigenvalue weighted by atomic mass is 9.96. The van der Waals surface area contributed by atoms with Crippen LogP contribution in [0.3, 0.4) is 0 Å². The Kier molecular flexibility index (Phi) is 4.13. The zero-order valence-corrected chi connectivity index (χ0v) is 12.1. The van der Waals surface area contributed by atoms with Gasteiger partial charge in [-0.1, -0.05) is 19.3 Å². The van der Waals surface area contributed by atoms with E-state index in [1.807, 2.05) is 4.90 Å². The number of nitrogens with zero attached hydrogens (tertiary/aromatic N) is 1. The maximum absolute atomic E-state index is 12.0. The van der Waals surface area contributed by atoms with E-state index in [-0.39, 0.29) is 18.0 Å². The van der Waals surface area contributed by atoms with Crippen molar-refractivity contribution in [1.29, 1.82) is 0 Å². The molecule has 3 rings (SSSR count). The lowest BCUT2D eigenvalue weighted by Crippen LogP contribution is -2.47. The first-order valence-electron chi connectivity index (χ1n) is 8.08. The molecule has 0 spiro atoms. The van der Waals surface area contributed by atoms with Crippen molar-refractivity contribution in [2.75, 3.05) is 13.1 Å². The third-order valence-electron chi connectivity index (χ3n) is 4.70. The molecule has 0 aromatic heterocycles. The Hall–Kier alpha value is -1.26. The molecule has 0 bridgehead atoms. The van der Waals surface area contributed by atoms with Gasteiger partial charge in [0, 0.05) is 31.1 Å². The van der Waals surface area contributed by atoms with Crippen molar-refractivity contribution < 1.29 is 9.59 Å². The molecule has 3 fully saturated rings. The van der Waals surface area contributed by atoms with E-state index in [4.69, 9.17) is 0 Å². The largest absolute Gasteiger partial charge is 0.340 e. The molecule has 0 aromatic rings. The van der Waals surface area contributed by atoms with Crippen molar-refractivity contribution in [3.8, 4) is 0 Å². The summed E-state index contributed by atoms with van der Waals surface area (Å²) < 4.78 is 0. The van der Waals surface area contributed by atoms with Crippen LogP contribution < -0.4 is 10.6 Å². The predicted molar refractivity (Wildman–Crippen MR) is 76.2 cm³/mol. The van der Waals surface area contributed by atoms with Gasteiger partial charge in [0.05, 0.1) is 0 Å². The van der Waals surface area contributed by atoms with Crippen LogP contribution in [0.2, 0.25) is 0 Å². The van der Waals surface area contributed by atoms with Crippen molar-refractivity contribution >= 4 is 11.9 Å². The molecule has 1 heterocycles. The van der Waals surface area contributed by atoms with Gasteiger partial charge in [-0.3, -0.25) is 4.79 Å². The van der Waals surface area contributed by atoms with Crippen LogP contribution in [0.5, 0.6) is 0 Å². The minimum Gasteiger partial charge on any atom is -0.340 e. The van der Waals surface area contributed by atoms with Crippen molar-refractivity contribution in [2.24, 2.45) is 5.92 Å². The third-order valence-corrected chi connectivity index (χ3v) is 4.70. The molecule has 2 saturated carbocycles. The van der Waals surface area contributed by atoms with E-state index in [9.17, 15) is 9.59 Å². The molecular weight excluding hydrogens is 254 g/mol. The smallest absolute Gasteiger partial charge is 0.315 e. The van der Waals surface area contributed by atoms with E-state index in [0.29, 0.717) is 18.5 Å². The van der Waals surface area contributed by atoms with Gasteiger partial charge in [0.25, 0.3) is 0 Å². The van der Waals surface area contributed by atoms with Crippen LogP contribution in [0.4, 0.5) is 4.79 Å². The van der Waals surface area contributed by atoms with Crippen molar-refractivity contribution in [3.05, 3.63) is 0 Å². The average Bonchev–Trinajstić information content (AvgIpc) is 3.19. The standard InChI is InChI=1S/C15H25N3O2/c19-14(11-6-7-11)18-9-8-13(10-18)17-15(20)16-12-4-2-1-3-5-12/h11-13H,1-10H2,(H2,16,17,20). The van der Waals surface area contributed by atoms with Gasteiger partial charge in [-0.2, -0.15) is 0 Å². The first-order valence-corrected chi connectivity index (χ1v) is 8.08. The highest BCUT2D eigenvalue weighted by atomic mass is 16.2. The Bertz CT molecular complexity index is 375. The Balaban J connectivity index is 1.39. The molecule has 112 valence electrons. The highest BCUT2D eigenvalue weighted by Gasteiger charge is 2.36. The molecule has 2 N–H and O–H groups in total. The fourth-order valence-electron chi connectivity index (χ4n) is 3.33. The van der Waals surface area contributed by atoms with Crippen LogP contribution in [0, 0.1) is 5.92 Å². The van der Waals surface area contributed by atoms with Crippen LogP contribution in [-0.4, -0.2) is 42.0 Å². The number of likely N-dealkylation sites (tertiary alicyclic amines) is 1. The Labute approximate surface area is 120 Å². The van der Waals surface area contributed by atoms with Crippen LogP contribution in [0.15, 0.2) is 0 Å². The highest BCUT2D eigenvalue weighted by Crippen LogP contribution is 2.32. The molecule has 1 aliphatic heterocycles. The number of rotatable bonds is 3. The Morgan fingerprint density at radius 3 is 2.25 bits per heavy atom. The molecule has 3 amide bonds. The van der Waals surface area contributed by atoms with Crippen molar-refractivity contribution in [1.82, 2.24) is 15.5 Å². The second-order valence-corrected chi connectivity index (χ2v) is 6.50. The lowest BCUT2D eigenvalue weighted by molar-refractivity contribution is -0.131. The number of hydrogen-bond acceptors (Lipinski definition) is 2. The minimum absolute atomic E-state index is 0.0531. The summed E-state index contributed by atoms with van der Waals surface area (Å²) in [6, 6.07) is 0.415. The zero-order chi connectivity index (χ0) is 13.9. The van der Waals surface area contributed by atoms with E-state index in [1.165, 1.54) is 19.3 Å². The Morgan fingerprint density at radius 1 is 0.850 bits per heavy atom. The number of amides is 3. The van der Waals surface area contributed by atoms with E-state index in [0.717, 1.165) is 38.6 Å². The van der Waals surface area contributed by atoms with Gasteiger partial charge in [-0.05, 0) is 32.1 Å². The summed E-state index contributed by atoms with van der Waals surface area (Å²) in [5.41, 5.74) is 0. The SMILES string of the molecule is O=C(NC1CCCCC1)NC1CCN(C(=O)C2CC2)C1. The second kappa shape index (κ2) is 6.02. The van der Waals surface area contributed by atoms with Crippen molar-refractivity contribution in [2.45, 2.75) is 63.5 Å². The second-order valence-electron chi connectivity index (χ2n) is 6.50. The fraction of sp³-hybridized carbons (Fsp3) is 0.867. The number of carbonyl (C=O) groups excluding carboxylic acids is 2. The van der Waals surface area contributed by atoms with E-state index in [1.54, 1.807) is 0 Å². The minimum atomic E-state index is -0.0531. The van der Waals surface area contributed by atoms with Crippen LogP contribution in [0.25, 0.3) is 0 Å². The molecular formula is C15H25N3O2. The Morgan fingerprint density at radius 2 is 1.55 bits per heavy atom. The van der Waals surface area contributed by atoms with Gasteiger partial charge in [-0.25, -0.2) is 4.79 Å². The van der Waals surface area contributed by atoms with Crippen LogP contribution >= 0.6 is 0 Å². The predicted octanol–water partition coefficient (Wildman–Crippen LogP) is 1.63. The summed E-state index contributed by atoms with van der Waals surface area (Å²) in [6.45, 7) is 1.48. The molecule has 20 heavy (non-hydrogen) atoms. The quantitative estimate of drug-likeness (QED) is 0.825. The molecule has 1 atom stereocenters. The van der Waals surface area contributed by atoms with Gasteiger partial charge in [0.15, 0.2) is 0 Å².